The molecule has 0 bridgehead atoms. The highest BCUT2D eigenvalue weighted by atomic mass is 79.9. The molecule has 0 aliphatic carbocycles. The highest BCUT2D eigenvalue weighted by Crippen LogP contribution is 2.22. The first-order chi connectivity index (χ1) is 9.95. The highest BCUT2D eigenvalue weighted by molar-refractivity contribution is 9.10. The minimum absolute atomic E-state index is 0.130. The number of nitrogen functional groups attached to an aromatic ring is 1. The summed E-state index contributed by atoms with van der Waals surface area (Å²) in [6.07, 6.45) is 0. The van der Waals surface area contributed by atoms with Gasteiger partial charge >= 0.3 is 0 Å². The van der Waals surface area contributed by atoms with E-state index < -0.39 is 10.8 Å². The number of benzene rings is 2. The summed E-state index contributed by atoms with van der Waals surface area (Å²) >= 11 is 3.30. The fraction of sp³-hybridized carbons (Fsp3) is 0.133. The number of hydrogen-bond acceptors (Lipinski definition) is 3. The summed E-state index contributed by atoms with van der Waals surface area (Å²) in [7, 11) is -1.48. The van der Waals surface area contributed by atoms with Crippen LogP contribution in [0.15, 0.2) is 51.8 Å². The van der Waals surface area contributed by atoms with E-state index in [0.717, 1.165) is 10.0 Å². The van der Waals surface area contributed by atoms with Gasteiger partial charge in [0.05, 0.1) is 15.7 Å². The maximum absolute atomic E-state index is 12.2. The lowest BCUT2D eigenvalue weighted by atomic mass is 10.2. The van der Waals surface area contributed by atoms with Crippen molar-refractivity contribution in [2.75, 3.05) is 16.8 Å². The highest BCUT2D eigenvalue weighted by Gasteiger charge is 2.13. The van der Waals surface area contributed by atoms with E-state index in [0.29, 0.717) is 16.3 Å². The van der Waals surface area contributed by atoms with Crippen molar-refractivity contribution < 1.29 is 9.00 Å². The van der Waals surface area contributed by atoms with Gasteiger partial charge in [-0.05, 0) is 37.3 Å². The van der Waals surface area contributed by atoms with E-state index in [9.17, 15) is 9.00 Å². The van der Waals surface area contributed by atoms with Gasteiger partial charge in [-0.25, -0.2) is 0 Å². The Morgan fingerprint density at radius 1 is 1.24 bits per heavy atom. The lowest BCUT2D eigenvalue weighted by Crippen LogP contribution is -2.20. The normalized spacial score (nSPS) is 11.9. The molecule has 0 aromatic heterocycles. The predicted octanol–water partition coefficient (Wildman–Crippen LogP) is 3.09. The largest absolute Gasteiger partial charge is 0.398 e. The average molecular weight is 367 g/mol. The van der Waals surface area contributed by atoms with Gasteiger partial charge in [-0.2, -0.15) is 0 Å². The van der Waals surface area contributed by atoms with Gasteiger partial charge in [0.1, 0.15) is 5.75 Å². The van der Waals surface area contributed by atoms with Gasteiger partial charge in [-0.3, -0.25) is 9.00 Å². The quantitative estimate of drug-likeness (QED) is 0.816. The van der Waals surface area contributed by atoms with Crippen LogP contribution >= 0.6 is 15.9 Å². The zero-order valence-corrected chi connectivity index (χ0v) is 13.8. The first-order valence-corrected chi connectivity index (χ1v) is 8.37. The van der Waals surface area contributed by atoms with Gasteiger partial charge in [0.15, 0.2) is 0 Å². The van der Waals surface area contributed by atoms with E-state index >= 15 is 0 Å². The Morgan fingerprint density at radius 3 is 2.57 bits per heavy atom. The smallest absolute Gasteiger partial charge is 0.237 e. The van der Waals surface area contributed by atoms with Crippen LogP contribution in [-0.2, 0) is 15.6 Å². The SMILES string of the molecule is Cc1ccc(NC(=O)CS(=O)c2cc(Br)ccc2N)cc1. The molecule has 21 heavy (non-hydrogen) atoms. The Labute approximate surface area is 134 Å². The Kier molecular flexibility index (Phi) is 5.14. The summed E-state index contributed by atoms with van der Waals surface area (Å²) in [5, 5.41) is 2.72. The van der Waals surface area contributed by atoms with Crippen LogP contribution in [0, 0.1) is 6.92 Å². The van der Waals surface area contributed by atoms with Gasteiger partial charge in [0.2, 0.25) is 5.91 Å². The summed E-state index contributed by atoms with van der Waals surface area (Å²) < 4.78 is 13.0. The molecular weight excluding hydrogens is 352 g/mol. The molecule has 2 aromatic carbocycles. The van der Waals surface area contributed by atoms with Crippen LogP contribution < -0.4 is 11.1 Å². The molecule has 6 heteroatoms. The molecule has 0 aliphatic heterocycles. The summed E-state index contributed by atoms with van der Waals surface area (Å²) in [5.41, 5.74) is 8.00. The molecule has 1 unspecified atom stereocenters. The third-order valence-corrected chi connectivity index (χ3v) is 4.68. The number of carbonyl (C=O) groups is 1. The van der Waals surface area contributed by atoms with Crippen LogP contribution in [-0.4, -0.2) is 15.9 Å². The predicted molar refractivity (Wildman–Crippen MR) is 89.6 cm³/mol. The van der Waals surface area contributed by atoms with Crippen molar-refractivity contribution in [3.8, 4) is 0 Å². The van der Waals surface area contributed by atoms with E-state index in [1.807, 2.05) is 31.2 Å². The molecule has 3 N–H and O–H groups in total. The van der Waals surface area contributed by atoms with Crippen molar-refractivity contribution in [2.24, 2.45) is 0 Å². The molecule has 0 fully saturated rings. The van der Waals surface area contributed by atoms with Crippen molar-refractivity contribution in [3.63, 3.8) is 0 Å². The Balaban J connectivity index is 2.03. The van der Waals surface area contributed by atoms with Crippen LogP contribution in [0.3, 0.4) is 0 Å². The topological polar surface area (TPSA) is 72.2 Å². The maximum atomic E-state index is 12.2. The lowest BCUT2D eigenvalue weighted by Gasteiger charge is -2.08. The van der Waals surface area contributed by atoms with Crippen LogP contribution in [0.1, 0.15) is 5.56 Å². The van der Waals surface area contributed by atoms with E-state index in [2.05, 4.69) is 21.2 Å². The van der Waals surface area contributed by atoms with Crippen molar-refractivity contribution >= 4 is 44.0 Å². The van der Waals surface area contributed by atoms with Crippen molar-refractivity contribution in [1.82, 2.24) is 0 Å². The number of aryl methyl sites for hydroxylation is 1. The Hall–Kier alpha value is -1.66. The van der Waals surface area contributed by atoms with Crippen LogP contribution in [0.5, 0.6) is 0 Å². The van der Waals surface area contributed by atoms with Crippen molar-refractivity contribution in [3.05, 3.63) is 52.5 Å². The number of halogens is 1. The fourth-order valence-electron chi connectivity index (χ4n) is 1.74. The minimum Gasteiger partial charge on any atom is -0.398 e. The summed E-state index contributed by atoms with van der Waals surface area (Å²) in [4.78, 5) is 12.4. The van der Waals surface area contributed by atoms with Crippen LogP contribution in [0.2, 0.25) is 0 Å². The Bertz CT molecular complexity index is 687. The fourth-order valence-corrected chi connectivity index (χ4v) is 3.30. The molecule has 0 saturated heterocycles. The molecule has 1 amide bonds. The number of carbonyl (C=O) groups excluding carboxylic acids is 1. The van der Waals surface area contributed by atoms with Crippen LogP contribution in [0.4, 0.5) is 11.4 Å². The second kappa shape index (κ2) is 6.87. The molecule has 0 saturated carbocycles. The number of amides is 1. The number of nitrogens with two attached hydrogens (primary N) is 1. The zero-order valence-electron chi connectivity index (χ0n) is 11.4. The van der Waals surface area contributed by atoms with Gasteiger partial charge in [-0.15, -0.1) is 0 Å². The molecule has 0 spiro atoms. The first-order valence-electron chi connectivity index (χ1n) is 6.25. The van der Waals surface area contributed by atoms with Crippen LogP contribution in [0.25, 0.3) is 0 Å². The Morgan fingerprint density at radius 2 is 1.90 bits per heavy atom. The third kappa shape index (κ3) is 4.41. The van der Waals surface area contributed by atoms with Gasteiger partial charge < -0.3 is 11.1 Å². The summed E-state index contributed by atoms with van der Waals surface area (Å²) in [5.74, 6) is -0.439. The standard InChI is InChI=1S/C15H15BrN2O2S/c1-10-2-5-12(6-3-10)18-15(19)9-21(20)14-8-11(16)4-7-13(14)17/h2-8H,9,17H2,1H3,(H,18,19). The molecule has 0 radical (unpaired) electrons. The molecule has 0 heterocycles. The first kappa shape index (κ1) is 15.7. The molecule has 110 valence electrons. The third-order valence-electron chi connectivity index (χ3n) is 2.82. The van der Waals surface area contributed by atoms with Gasteiger partial charge in [0.25, 0.3) is 0 Å². The average Bonchev–Trinajstić information content (AvgIpc) is 2.44. The number of hydrogen-bond donors (Lipinski definition) is 2. The zero-order chi connectivity index (χ0) is 15.4. The van der Waals surface area contributed by atoms with Crippen molar-refractivity contribution in [1.29, 1.82) is 0 Å². The molecule has 2 rings (SSSR count). The number of anilines is 2. The summed E-state index contributed by atoms with van der Waals surface area (Å²) in [6.45, 7) is 1.97. The minimum atomic E-state index is -1.48. The molecule has 1 atom stereocenters. The second-order valence-electron chi connectivity index (χ2n) is 4.59. The molecule has 0 aliphatic rings. The van der Waals surface area contributed by atoms with E-state index in [4.69, 9.17) is 5.73 Å². The van der Waals surface area contributed by atoms with Gasteiger partial charge in [-0.1, -0.05) is 33.6 Å². The molecule has 4 nitrogen and oxygen atoms in total. The molecular formula is C15H15BrN2O2S. The van der Waals surface area contributed by atoms with E-state index in [1.54, 1.807) is 18.2 Å². The van der Waals surface area contributed by atoms with E-state index in [1.165, 1.54) is 0 Å². The van der Waals surface area contributed by atoms with E-state index in [-0.39, 0.29) is 11.7 Å². The second-order valence-corrected chi connectivity index (χ2v) is 6.92. The van der Waals surface area contributed by atoms with Gasteiger partial charge in [0, 0.05) is 15.8 Å². The maximum Gasteiger partial charge on any atom is 0.237 e. The number of rotatable bonds is 4. The monoisotopic (exact) mass is 366 g/mol. The number of nitrogens with one attached hydrogen (secondary N) is 1. The summed E-state index contributed by atoms with van der Waals surface area (Å²) in [6, 6.07) is 12.5. The van der Waals surface area contributed by atoms with Crippen molar-refractivity contribution in [2.45, 2.75) is 11.8 Å². The molecule has 2 aromatic rings. The lowest BCUT2D eigenvalue weighted by molar-refractivity contribution is -0.113.